The highest BCUT2D eigenvalue weighted by Crippen LogP contribution is 2.45. The van der Waals surface area contributed by atoms with Crippen molar-refractivity contribution in [3.63, 3.8) is 0 Å². The Hall–Kier alpha value is -2.36. The van der Waals surface area contributed by atoms with Crippen molar-refractivity contribution in [1.29, 1.82) is 0 Å². The van der Waals surface area contributed by atoms with Crippen molar-refractivity contribution in [1.82, 2.24) is 0 Å². The second kappa shape index (κ2) is 9.63. The lowest BCUT2D eigenvalue weighted by atomic mass is 9.74. The molecule has 1 N–H and O–H groups in total. The number of nitrogens with zero attached hydrogens (tertiary/aromatic N) is 1. The van der Waals surface area contributed by atoms with Gasteiger partial charge in [-0.3, -0.25) is 0 Å². The van der Waals surface area contributed by atoms with Crippen LogP contribution >= 0.6 is 0 Å². The number of anilines is 1. The summed E-state index contributed by atoms with van der Waals surface area (Å²) in [6.45, 7) is 16.4. The molecule has 0 radical (unpaired) electrons. The van der Waals surface area contributed by atoms with Crippen LogP contribution < -0.4 is 4.90 Å². The van der Waals surface area contributed by atoms with Crippen molar-refractivity contribution in [2.24, 2.45) is 0 Å². The van der Waals surface area contributed by atoms with Crippen LogP contribution in [0.2, 0.25) is 0 Å². The highest BCUT2D eigenvalue weighted by atomic mass is 19.1. The van der Waals surface area contributed by atoms with Gasteiger partial charge in [-0.2, -0.15) is 0 Å². The van der Waals surface area contributed by atoms with E-state index in [1.54, 1.807) is 6.92 Å². The number of aliphatic carboxylic acids is 1. The van der Waals surface area contributed by atoms with Gasteiger partial charge in [0.05, 0.1) is 0 Å². The number of carboxylic acids is 1. The lowest BCUT2D eigenvalue weighted by Gasteiger charge is -2.42. The molecule has 0 aromatic heterocycles. The monoisotopic (exact) mass is 413 g/mol. The van der Waals surface area contributed by atoms with Crippen LogP contribution in [0, 0.1) is 0 Å². The second-order valence-corrected chi connectivity index (χ2v) is 9.27. The molecule has 0 bridgehead atoms. The normalized spacial score (nSPS) is 17.4. The Morgan fingerprint density at radius 2 is 1.93 bits per heavy atom. The number of carboxylic acid groups (broad SMARTS) is 1. The van der Waals surface area contributed by atoms with E-state index >= 15 is 4.39 Å². The van der Waals surface area contributed by atoms with E-state index in [0.717, 1.165) is 43.3 Å². The molecule has 0 saturated carbocycles. The second-order valence-electron chi connectivity index (χ2n) is 9.27. The van der Waals surface area contributed by atoms with Gasteiger partial charge in [0.15, 0.2) is 0 Å². The molecule has 1 aliphatic heterocycles. The maximum Gasteiger partial charge on any atom is 0.328 e. The third-order valence-corrected chi connectivity index (χ3v) is 5.95. The van der Waals surface area contributed by atoms with Crippen LogP contribution in [0.25, 0.3) is 5.57 Å². The Morgan fingerprint density at radius 3 is 2.50 bits per heavy atom. The van der Waals surface area contributed by atoms with Gasteiger partial charge >= 0.3 is 5.97 Å². The van der Waals surface area contributed by atoms with E-state index in [-0.39, 0.29) is 11.2 Å². The van der Waals surface area contributed by atoms with Crippen LogP contribution in [-0.2, 0) is 10.2 Å². The minimum Gasteiger partial charge on any atom is -0.478 e. The Balaban J connectivity index is 2.69. The lowest BCUT2D eigenvalue weighted by Crippen LogP contribution is -2.38. The zero-order valence-corrected chi connectivity index (χ0v) is 19.5. The van der Waals surface area contributed by atoms with E-state index in [9.17, 15) is 4.79 Å². The maximum atomic E-state index is 15.2. The Bertz CT molecular complexity index is 891. The van der Waals surface area contributed by atoms with Crippen LogP contribution in [0.4, 0.5) is 10.1 Å². The third kappa shape index (κ3) is 5.41. The number of carbonyl (C=O) groups is 1. The summed E-state index contributed by atoms with van der Waals surface area (Å²) < 4.78 is 15.2. The molecule has 0 saturated heterocycles. The van der Waals surface area contributed by atoms with E-state index in [4.69, 9.17) is 5.11 Å². The number of rotatable bonds is 7. The minimum atomic E-state index is -1.03. The predicted octanol–water partition coefficient (Wildman–Crippen LogP) is 7.00. The van der Waals surface area contributed by atoms with Crippen LogP contribution in [0.3, 0.4) is 0 Å². The summed E-state index contributed by atoms with van der Waals surface area (Å²) in [4.78, 5) is 13.2. The fourth-order valence-corrected chi connectivity index (χ4v) is 3.99. The van der Waals surface area contributed by atoms with Crippen LogP contribution in [-0.4, -0.2) is 24.2 Å². The largest absolute Gasteiger partial charge is 0.478 e. The molecule has 30 heavy (non-hydrogen) atoms. The summed E-state index contributed by atoms with van der Waals surface area (Å²) in [6, 6.07) is 4.45. The van der Waals surface area contributed by atoms with Gasteiger partial charge in [0, 0.05) is 30.4 Å². The van der Waals surface area contributed by atoms with E-state index in [0.29, 0.717) is 17.1 Å². The molecule has 0 unspecified atom stereocenters. The van der Waals surface area contributed by atoms with E-state index in [2.05, 4.69) is 51.7 Å². The fourth-order valence-electron chi connectivity index (χ4n) is 3.99. The van der Waals surface area contributed by atoms with Crippen molar-refractivity contribution < 1.29 is 14.3 Å². The highest BCUT2D eigenvalue weighted by molar-refractivity contribution is 5.83. The molecule has 164 valence electrons. The van der Waals surface area contributed by atoms with Gasteiger partial charge in [0.1, 0.15) is 5.83 Å². The van der Waals surface area contributed by atoms with Crippen molar-refractivity contribution in [3.05, 3.63) is 58.5 Å². The molecule has 0 aliphatic carbocycles. The van der Waals surface area contributed by atoms with Crippen LogP contribution in [0.1, 0.15) is 83.9 Å². The smallest absolute Gasteiger partial charge is 0.328 e. The minimum absolute atomic E-state index is 0.0344. The summed E-state index contributed by atoms with van der Waals surface area (Å²) in [5.74, 6) is -1.02. The summed E-state index contributed by atoms with van der Waals surface area (Å²) in [6.07, 6.45) is 6.07. The first kappa shape index (κ1) is 23.9. The van der Waals surface area contributed by atoms with Gasteiger partial charge in [0.2, 0.25) is 0 Å². The van der Waals surface area contributed by atoms with Crippen LogP contribution in [0.5, 0.6) is 0 Å². The molecular formula is C26H36FNO2. The summed E-state index contributed by atoms with van der Waals surface area (Å²) >= 11 is 0. The topological polar surface area (TPSA) is 40.5 Å². The quantitative estimate of drug-likeness (QED) is 0.387. The predicted molar refractivity (Wildman–Crippen MR) is 125 cm³/mol. The van der Waals surface area contributed by atoms with Gasteiger partial charge in [-0.15, -0.1) is 0 Å². The van der Waals surface area contributed by atoms with Gasteiger partial charge in [0.25, 0.3) is 0 Å². The van der Waals surface area contributed by atoms with Crippen molar-refractivity contribution in [2.45, 2.75) is 72.6 Å². The van der Waals surface area contributed by atoms with Crippen molar-refractivity contribution in [3.8, 4) is 0 Å². The number of hydrogen-bond donors (Lipinski definition) is 1. The van der Waals surface area contributed by atoms with E-state index in [1.807, 2.05) is 6.92 Å². The Kier molecular flexibility index (Phi) is 7.68. The van der Waals surface area contributed by atoms with Gasteiger partial charge < -0.3 is 10.0 Å². The highest BCUT2D eigenvalue weighted by Gasteiger charge is 2.33. The summed E-state index contributed by atoms with van der Waals surface area (Å²) in [7, 11) is 0. The number of fused-ring (bicyclic) bond motifs is 1. The molecule has 1 heterocycles. The van der Waals surface area contributed by atoms with Gasteiger partial charge in [-0.1, -0.05) is 46.8 Å². The first-order chi connectivity index (χ1) is 14.0. The number of benzene rings is 1. The molecule has 4 heteroatoms. The molecule has 0 spiro atoms. The van der Waals surface area contributed by atoms with E-state index < -0.39 is 5.97 Å². The molecule has 3 nitrogen and oxygen atoms in total. The molecule has 1 aromatic rings. The number of hydrogen-bond acceptors (Lipinski definition) is 2. The average Bonchev–Trinajstić information content (AvgIpc) is 2.66. The summed E-state index contributed by atoms with van der Waals surface area (Å²) in [5, 5.41) is 8.86. The molecular weight excluding hydrogens is 377 g/mol. The molecule has 0 fully saturated rings. The molecule has 0 atom stereocenters. The van der Waals surface area contributed by atoms with Crippen molar-refractivity contribution in [2.75, 3.05) is 18.0 Å². The molecule has 1 aromatic carbocycles. The first-order valence-corrected chi connectivity index (χ1v) is 10.9. The van der Waals surface area contributed by atoms with Crippen LogP contribution in [0.15, 0.2) is 41.8 Å². The maximum absolute atomic E-state index is 15.2. The average molecular weight is 414 g/mol. The Morgan fingerprint density at radius 1 is 1.27 bits per heavy atom. The third-order valence-electron chi connectivity index (χ3n) is 5.95. The number of allylic oxidation sites excluding steroid dienone is 5. The van der Waals surface area contributed by atoms with Gasteiger partial charge in [-0.25, -0.2) is 9.18 Å². The van der Waals surface area contributed by atoms with Crippen molar-refractivity contribution >= 4 is 17.2 Å². The summed E-state index contributed by atoms with van der Waals surface area (Å²) in [5.41, 5.74) is 5.72. The lowest BCUT2D eigenvalue weighted by molar-refractivity contribution is -0.131. The number of halogens is 1. The Labute approximate surface area is 181 Å². The molecule has 2 rings (SSSR count). The fraction of sp³-hybridized carbons (Fsp3) is 0.500. The first-order valence-electron chi connectivity index (χ1n) is 10.9. The molecule has 0 amide bonds. The van der Waals surface area contributed by atoms with E-state index in [1.165, 1.54) is 23.3 Å². The zero-order chi connectivity index (χ0) is 22.6. The zero-order valence-electron chi connectivity index (χ0n) is 19.5. The molecule has 1 aliphatic rings. The standard InChI is InChI=1S/C26H36FNO2/c1-8-12-28-13-11-26(6,7)22-16-20(17(2)3)15-21(25(22)28)19(5)23(27)10-9-18(4)14-24(29)30/h9-10,14-17H,8,11-13H2,1-7H3,(H,29,30). The van der Waals surface area contributed by atoms with Gasteiger partial charge in [-0.05, 0) is 72.4 Å². The SMILES string of the molecule is CCCN1CCC(C)(C)c2cc(C(C)C)cc(C(C)=C(F)C=CC(C)=CC(=O)O)c21.